The van der Waals surface area contributed by atoms with Crippen molar-refractivity contribution in [3.05, 3.63) is 41.2 Å². The fourth-order valence-corrected chi connectivity index (χ4v) is 2.54. The Hall–Kier alpha value is -2.15. The van der Waals surface area contributed by atoms with E-state index in [0.29, 0.717) is 11.5 Å². The lowest BCUT2D eigenvalue weighted by molar-refractivity contribution is 0.0603. The van der Waals surface area contributed by atoms with E-state index in [0.717, 1.165) is 17.1 Å². The summed E-state index contributed by atoms with van der Waals surface area (Å²) < 4.78 is 21.5. The van der Waals surface area contributed by atoms with Crippen molar-refractivity contribution in [2.45, 2.75) is 6.54 Å². The van der Waals surface area contributed by atoms with Gasteiger partial charge in [0.1, 0.15) is 16.4 Å². The predicted molar refractivity (Wildman–Crippen MR) is 76.4 cm³/mol. The number of carbonyl (C=O) groups is 1. The molecule has 1 aromatic carbocycles. The minimum atomic E-state index is -0.516. The van der Waals surface area contributed by atoms with Gasteiger partial charge < -0.3 is 15.4 Å². The summed E-state index contributed by atoms with van der Waals surface area (Å²) in [5, 5.41) is 0.624. The number of nitrogens with zero attached hydrogens (tertiary/aromatic N) is 2. The zero-order chi connectivity index (χ0) is 14.7. The van der Waals surface area contributed by atoms with Crippen LogP contribution >= 0.6 is 11.5 Å². The molecule has 0 aliphatic heterocycles. The molecule has 0 aliphatic carbocycles. The third kappa shape index (κ3) is 2.88. The Bertz CT molecular complexity index is 613. The Labute approximate surface area is 119 Å². The third-order valence-electron chi connectivity index (χ3n) is 2.77. The number of esters is 1. The number of nitrogen functional groups attached to an aromatic ring is 1. The van der Waals surface area contributed by atoms with Gasteiger partial charge in [0, 0.05) is 13.6 Å². The number of hydrogen-bond donors (Lipinski definition) is 1. The Balaban J connectivity index is 2.23. The van der Waals surface area contributed by atoms with Crippen LogP contribution in [0, 0.1) is 5.82 Å². The molecule has 0 amide bonds. The van der Waals surface area contributed by atoms with Crippen LogP contribution in [0.25, 0.3) is 0 Å². The summed E-state index contributed by atoms with van der Waals surface area (Å²) in [7, 11) is 3.10. The van der Waals surface area contributed by atoms with E-state index in [1.807, 2.05) is 11.9 Å². The monoisotopic (exact) mass is 295 g/mol. The first-order valence-corrected chi connectivity index (χ1v) is 6.59. The standard InChI is InChI=1S/C13H14FN3O2S/c1-17(7-8-3-5-9(14)6-4-8)12-10(13(18)19-2)11(15)16-20-12/h3-6H,7H2,1-2H3,(H2,15,16). The van der Waals surface area contributed by atoms with Crippen LogP contribution in [0.5, 0.6) is 0 Å². The lowest BCUT2D eigenvalue weighted by atomic mass is 10.2. The van der Waals surface area contributed by atoms with Gasteiger partial charge in [0.05, 0.1) is 7.11 Å². The van der Waals surface area contributed by atoms with Crippen LogP contribution in [0.2, 0.25) is 0 Å². The molecule has 0 unspecified atom stereocenters. The lowest BCUT2D eigenvalue weighted by Crippen LogP contribution is -2.18. The van der Waals surface area contributed by atoms with Crippen molar-refractivity contribution in [3.8, 4) is 0 Å². The van der Waals surface area contributed by atoms with Gasteiger partial charge in [0.15, 0.2) is 5.82 Å². The van der Waals surface area contributed by atoms with Crippen molar-refractivity contribution in [2.24, 2.45) is 0 Å². The van der Waals surface area contributed by atoms with E-state index in [2.05, 4.69) is 4.37 Å². The molecule has 2 rings (SSSR count). The zero-order valence-electron chi connectivity index (χ0n) is 11.1. The summed E-state index contributed by atoms with van der Waals surface area (Å²) in [6.45, 7) is 0.506. The van der Waals surface area contributed by atoms with Crippen molar-refractivity contribution in [3.63, 3.8) is 0 Å². The van der Waals surface area contributed by atoms with E-state index in [1.165, 1.54) is 19.2 Å². The highest BCUT2D eigenvalue weighted by Gasteiger charge is 2.22. The topological polar surface area (TPSA) is 68.5 Å². The number of ether oxygens (including phenoxy) is 1. The number of rotatable bonds is 4. The molecule has 0 atom stereocenters. The molecule has 0 fully saturated rings. The summed E-state index contributed by atoms with van der Waals surface area (Å²) in [5.74, 6) is -0.645. The molecule has 2 aromatic rings. The smallest absolute Gasteiger partial charge is 0.344 e. The fourth-order valence-electron chi connectivity index (χ4n) is 1.78. The molecule has 0 radical (unpaired) electrons. The molecule has 0 saturated carbocycles. The summed E-state index contributed by atoms with van der Waals surface area (Å²) >= 11 is 1.13. The van der Waals surface area contributed by atoms with Gasteiger partial charge in [0.25, 0.3) is 0 Å². The Kier molecular flexibility index (Phi) is 4.19. The van der Waals surface area contributed by atoms with E-state index in [-0.39, 0.29) is 17.2 Å². The van der Waals surface area contributed by atoms with Gasteiger partial charge in [-0.3, -0.25) is 0 Å². The van der Waals surface area contributed by atoms with Gasteiger partial charge in [-0.2, -0.15) is 4.37 Å². The Morgan fingerprint density at radius 2 is 2.10 bits per heavy atom. The molecular formula is C13H14FN3O2S. The minimum Gasteiger partial charge on any atom is -0.465 e. The number of methoxy groups -OCH3 is 1. The van der Waals surface area contributed by atoms with Gasteiger partial charge in [-0.15, -0.1) is 0 Å². The van der Waals surface area contributed by atoms with Gasteiger partial charge in [-0.1, -0.05) is 12.1 Å². The molecule has 1 aromatic heterocycles. The largest absolute Gasteiger partial charge is 0.465 e. The number of aromatic nitrogens is 1. The maximum Gasteiger partial charge on any atom is 0.344 e. The number of benzene rings is 1. The highest BCUT2D eigenvalue weighted by Crippen LogP contribution is 2.31. The van der Waals surface area contributed by atoms with Crippen molar-refractivity contribution in [2.75, 3.05) is 24.8 Å². The van der Waals surface area contributed by atoms with Crippen molar-refractivity contribution in [1.82, 2.24) is 4.37 Å². The SMILES string of the molecule is COC(=O)c1c(N)nsc1N(C)Cc1ccc(F)cc1. The van der Waals surface area contributed by atoms with E-state index < -0.39 is 5.97 Å². The average molecular weight is 295 g/mol. The summed E-state index contributed by atoms with van der Waals surface area (Å²) in [4.78, 5) is 13.5. The molecule has 1 heterocycles. The van der Waals surface area contributed by atoms with Crippen molar-refractivity contribution in [1.29, 1.82) is 0 Å². The molecule has 5 nitrogen and oxygen atoms in total. The molecule has 106 valence electrons. The number of carbonyl (C=O) groups excluding carboxylic acids is 1. The third-order valence-corrected chi connectivity index (χ3v) is 3.75. The highest BCUT2D eigenvalue weighted by atomic mass is 32.1. The molecule has 0 bridgehead atoms. The average Bonchev–Trinajstić information content (AvgIpc) is 2.82. The van der Waals surface area contributed by atoms with Gasteiger partial charge in [-0.25, -0.2) is 9.18 Å². The quantitative estimate of drug-likeness (QED) is 0.876. The number of anilines is 2. The van der Waals surface area contributed by atoms with Crippen LogP contribution in [0.15, 0.2) is 24.3 Å². The van der Waals surface area contributed by atoms with Gasteiger partial charge >= 0.3 is 5.97 Å². The van der Waals surface area contributed by atoms with Crippen LogP contribution in [0.1, 0.15) is 15.9 Å². The van der Waals surface area contributed by atoms with Crippen molar-refractivity contribution < 1.29 is 13.9 Å². The molecule has 7 heteroatoms. The zero-order valence-corrected chi connectivity index (χ0v) is 11.9. The molecular weight excluding hydrogens is 281 g/mol. The first-order valence-electron chi connectivity index (χ1n) is 5.82. The molecule has 0 spiro atoms. The highest BCUT2D eigenvalue weighted by molar-refractivity contribution is 7.11. The van der Waals surface area contributed by atoms with E-state index in [1.54, 1.807) is 12.1 Å². The lowest BCUT2D eigenvalue weighted by Gasteiger charge is -2.18. The Morgan fingerprint density at radius 1 is 1.45 bits per heavy atom. The maximum absolute atomic E-state index is 12.9. The van der Waals surface area contributed by atoms with E-state index in [4.69, 9.17) is 10.5 Å². The minimum absolute atomic E-state index is 0.155. The second-order valence-electron chi connectivity index (χ2n) is 4.22. The van der Waals surface area contributed by atoms with E-state index in [9.17, 15) is 9.18 Å². The van der Waals surface area contributed by atoms with E-state index >= 15 is 0 Å². The molecule has 2 N–H and O–H groups in total. The predicted octanol–water partition coefficient (Wildman–Crippen LogP) is 2.29. The second-order valence-corrected chi connectivity index (χ2v) is 4.97. The van der Waals surface area contributed by atoms with Crippen LogP contribution < -0.4 is 10.6 Å². The number of hydrogen-bond acceptors (Lipinski definition) is 6. The van der Waals surface area contributed by atoms with Crippen LogP contribution in [0.3, 0.4) is 0 Å². The number of nitrogens with two attached hydrogens (primary N) is 1. The van der Waals surface area contributed by atoms with Crippen LogP contribution in [-0.2, 0) is 11.3 Å². The normalized spacial score (nSPS) is 10.3. The van der Waals surface area contributed by atoms with Crippen LogP contribution in [-0.4, -0.2) is 24.5 Å². The maximum atomic E-state index is 12.9. The number of halogens is 1. The first-order chi connectivity index (χ1) is 9.52. The molecule has 0 saturated heterocycles. The van der Waals surface area contributed by atoms with Crippen LogP contribution in [0.4, 0.5) is 15.2 Å². The van der Waals surface area contributed by atoms with Crippen molar-refractivity contribution >= 4 is 28.3 Å². The summed E-state index contributed by atoms with van der Waals surface area (Å²) in [6.07, 6.45) is 0. The molecule has 20 heavy (non-hydrogen) atoms. The Morgan fingerprint density at radius 3 is 2.70 bits per heavy atom. The van der Waals surface area contributed by atoms with Gasteiger partial charge in [-0.05, 0) is 29.2 Å². The molecule has 0 aliphatic rings. The van der Waals surface area contributed by atoms with Gasteiger partial charge in [0.2, 0.25) is 0 Å². The fraction of sp³-hybridized carbons (Fsp3) is 0.231. The summed E-state index contributed by atoms with van der Waals surface area (Å²) in [5.41, 5.74) is 6.87. The second kappa shape index (κ2) is 5.87. The summed E-state index contributed by atoms with van der Waals surface area (Å²) in [6, 6.07) is 6.17. The first kappa shape index (κ1) is 14.3.